The lowest BCUT2D eigenvalue weighted by atomic mass is 10.0. The lowest BCUT2D eigenvalue weighted by molar-refractivity contribution is -0.137. The van der Waals surface area contributed by atoms with Crippen LogP contribution in [0.1, 0.15) is 31.9 Å². The van der Waals surface area contributed by atoms with Gasteiger partial charge >= 0.3 is 18.2 Å². The predicted molar refractivity (Wildman–Crippen MR) is 123 cm³/mol. The van der Waals surface area contributed by atoms with Crippen molar-refractivity contribution in [1.82, 2.24) is 10.4 Å². The Morgan fingerprint density at radius 2 is 1.42 bits per heavy atom. The fourth-order valence-electron chi connectivity index (χ4n) is 2.86. The maximum Gasteiger partial charge on any atom is 0.429 e. The van der Waals surface area contributed by atoms with Gasteiger partial charge in [0.15, 0.2) is 0 Å². The van der Waals surface area contributed by atoms with Gasteiger partial charge in [-0.3, -0.25) is 0 Å². The standard InChI is InChI=1S/C25H30N2O6/c1-4-31-23(28)16-15-22(19(2)3)27(25(30)33-18-21-13-9-6-10-14-21)26-24(29)32-17-20-11-7-5-8-12-20/h5-16,19,22H,4,17-18H2,1-3H3,(H,26,29)/b16-15+/t22-/m0/s1. The summed E-state index contributed by atoms with van der Waals surface area (Å²) in [4.78, 5) is 37.2. The number of carbonyl (C=O) groups is 3. The predicted octanol–water partition coefficient (Wildman–Crippen LogP) is 4.61. The lowest BCUT2D eigenvalue weighted by Crippen LogP contribution is -2.53. The van der Waals surface area contributed by atoms with Gasteiger partial charge in [-0.05, 0) is 24.0 Å². The van der Waals surface area contributed by atoms with Crippen LogP contribution in [0.15, 0.2) is 72.8 Å². The van der Waals surface area contributed by atoms with E-state index in [1.165, 1.54) is 12.2 Å². The molecule has 2 aromatic rings. The normalized spacial score (nSPS) is 11.6. The molecule has 0 unspecified atom stereocenters. The molecule has 176 valence electrons. The number of rotatable bonds is 9. The van der Waals surface area contributed by atoms with Gasteiger partial charge in [0.05, 0.1) is 12.6 Å². The molecule has 2 amide bonds. The van der Waals surface area contributed by atoms with Gasteiger partial charge in [-0.25, -0.2) is 24.8 Å². The Morgan fingerprint density at radius 3 is 1.94 bits per heavy atom. The van der Waals surface area contributed by atoms with Crippen LogP contribution in [0.5, 0.6) is 0 Å². The van der Waals surface area contributed by atoms with Crippen molar-refractivity contribution in [3.05, 3.63) is 83.9 Å². The third kappa shape index (κ3) is 9.06. The van der Waals surface area contributed by atoms with Gasteiger partial charge in [0.1, 0.15) is 13.2 Å². The fraction of sp³-hybridized carbons (Fsp3) is 0.320. The van der Waals surface area contributed by atoms with Crippen LogP contribution in [0.25, 0.3) is 0 Å². The topological polar surface area (TPSA) is 94.2 Å². The number of esters is 1. The van der Waals surface area contributed by atoms with Crippen LogP contribution in [0.2, 0.25) is 0 Å². The number of nitrogens with one attached hydrogen (secondary N) is 1. The SMILES string of the molecule is CCOC(=O)/C=C/[C@@H](C(C)C)N(NC(=O)OCc1ccccc1)C(=O)OCc1ccccc1. The first kappa shape index (κ1) is 25.5. The van der Waals surface area contributed by atoms with Crippen molar-refractivity contribution in [3.8, 4) is 0 Å². The van der Waals surface area contributed by atoms with Crippen molar-refractivity contribution < 1.29 is 28.6 Å². The van der Waals surface area contributed by atoms with Gasteiger partial charge in [-0.2, -0.15) is 0 Å². The Morgan fingerprint density at radius 1 is 0.879 bits per heavy atom. The minimum Gasteiger partial charge on any atom is -0.463 e. The van der Waals surface area contributed by atoms with E-state index in [-0.39, 0.29) is 25.7 Å². The van der Waals surface area contributed by atoms with Crippen LogP contribution in [0, 0.1) is 5.92 Å². The summed E-state index contributed by atoms with van der Waals surface area (Å²) in [6, 6.07) is 17.6. The molecule has 0 spiro atoms. The van der Waals surface area contributed by atoms with Crippen LogP contribution in [-0.4, -0.2) is 35.8 Å². The van der Waals surface area contributed by atoms with Gasteiger partial charge in [0.2, 0.25) is 0 Å². The van der Waals surface area contributed by atoms with Gasteiger partial charge in [0, 0.05) is 6.08 Å². The van der Waals surface area contributed by atoms with Crippen LogP contribution in [0.4, 0.5) is 9.59 Å². The molecule has 0 aliphatic rings. The quantitative estimate of drug-likeness (QED) is 0.257. The molecule has 0 heterocycles. The van der Waals surface area contributed by atoms with Crippen molar-refractivity contribution >= 4 is 18.2 Å². The first-order valence-corrected chi connectivity index (χ1v) is 10.7. The summed E-state index contributed by atoms with van der Waals surface area (Å²) in [6.07, 6.45) is 1.10. The molecule has 8 heteroatoms. The second kappa shape index (κ2) is 13.6. The summed E-state index contributed by atoms with van der Waals surface area (Å²) in [5.74, 6) is -0.721. The van der Waals surface area contributed by atoms with Gasteiger partial charge < -0.3 is 14.2 Å². The monoisotopic (exact) mass is 454 g/mol. The number of hydrogen-bond donors (Lipinski definition) is 1. The third-order valence-electron chi connectivity index (χ3n) is 4.52. The number of hydrogen-bond acceptors (Lipinski definition) is 6. The molecule has 0 bridgehead atoms. The summed E-state index contributed by atoms with van der Waals surface area (Å²) in [5, 5.41) is 1.02. The molecule has 33 heavy (non-hydrogen) atoms. The average Bonchev–Trinajstić information content (AvgIpc) is 2.82. The van der Waals surface area contributed by atoms with Crippen molar-refractivity contribution in [2.45, 2.75) is 40.0 Å². The summed E-state index contributed by atoms with van der Waals surface area (Å²) in [6.45, 7) is 5.66. The van der Waals surface area contributed by atoms with E-state index in [0.717, 1.165) is 16.1 Å². The highest BCUT2D eigenvalue weighted by Crippen LogP contribution is 2.14. The van der Waals surface area contributed by atoms with E-state index in [4.69, 9.17) is 14.2 Å². The zero-order valence-electron chi connectivity index (χ0n) is 19.1. The summed E-state index contributed by atoms with van der Waals surface area (Å²) < 4.78 is 15.6. The highest BCUT2D eigenvalue weighted by molar-refractivity contribution is 5.82. The van der Waals surface area contributed by atoms with Gasteiger partial charge in [-0.1, -0.05) is 80.6 Å². The number of hydrazine groups is 1. The van der Waals surface area contributed by atoms with E-state index in [1.807, 2.05) is 74.5 Å². The minimum atomic E-state index is -0.828. The zero-order valence-corrected chi connectivity index (χ0v) is 19.1. The van der Waals surface area contributed by atoms with E-state index in [0.29, 0.717) is 0 Å². The van der Waals surface area contributed by atoms with Crippen molar-refractivity contribution in [1.29, 1.82) is 0 Å². The maximum absolute atomic E-state index is 12.9. The van der Waals surface area contributed by atoms with Crippen molar-refractivity contribution in [3.63, 3.8) is 0 Å². The molecule has 8 nitrogen and oxygen atoms in total. The Hall–Kier alpha value is -3.81. The smallest absolute Gasteiger partial charge is 0.429 e. The Labute approximate surface area is 194 Å². The van der Waals surface area contributed by atoms with Crippen molar-refractivity contribution in [2.24, 2.45) is 5.92 Å². The molecular weight excluding hydrogens is 424 g/mol. The molecular formula is C25H30N2O6. The number of ether oxygens (including phenoxy) is 3. The third-order valence-corrected chi connectivity index (χ3v) is 4.52. The van der Waals surface area contributed by atoms with Crippen LogP contribution >= 0.6 is 0 Å². The molecule has 0 radical (unpaired) electrons. The maximum atomic E-state index is 12.9. The second-order valence-electron chi connectivity index (χ2n) is 7.43. The van der Waals surface area contributed by atoms with E-state index in [2.05, 4.69) is 5.43 Å². The van der Waals surface area contributed by atoms with Gasteiger partial charge in [0.25, 0.3) is 0 Å². The highest BCUT2D eigenvalue weighted by Gasteiger charge is 2.28. The first-order chi connectivity index (χ1) is 15.9. The molecule has 2 rings (SSSR count). The molecule has 0 saturated heterocycles. The summed E-state index contributed by atoms with van der Waals surface area (Å²) in [7, 11) is 0. The van der Waals surface area contributed by atoms with Crippen LogP contribution in [0.3, 0.4) is 0 Å². The summed E-state index contributed by atoms with van der Waals surface area (Å²) >= 11 is 0. The van der Waals surface area contributed by atoms with E-state index < -0.39 is 24.2 Å². The Kier molecular flexibility index (Phi) is 10.5. The average molecular weight is 455 g/mol. The summed E-state index contributed by atoms with van der Waals surface area (Å²) in [5.41, 5.74) is 4.05. The number of benzene rings is 2. The number of nitrogens with zero attached hydrogens (tertiary/aromatic N) is 1. The highest BCUT2D eigenvalue weighted by atomic mass is 16.6. The molecule has 1 atom stereocenters. The zero-order chi connectivity index (χ0) is 24.1. The number of carbonyl (C=O) groups excluding carboxylic acids is 3. The first-order valence-electron chi connectivity index (χ1n) is 10.7. The lowest BCUT2D eigenvalue weighted by Gasteiger charge is -2.31. The largest absolute Gasteiger partial charge is 0.463 e. The molecule has 0 aromatic heterocycles. The van der Waals surface area contributed by atoms with Gasteiger partial charge in [-0.15, -0.1) is 0 Å². The second-order valence-corrected chi connectivity index (χ2v) is 7.43. The van der Waals surface area contributed by atoms with E-state index in [1.54, 1.807) is 6.92 Å². The van der Waals surface area contributed by atoms with Crippen molar-refractivity contribution in [2.75, 3.05) is 6.61 Å². The minimum absolute atomic E-state index is 0.0172. The van der Waals surface area contributed by atoms with Crippen LogP contribution < -0.4 is 5.43 Å². The van der Waals surface area contributed by atoms with Crippen LogP contribution in [-0.2, 0) is 32.2 Å². The molecule has 0 saturated carbocycles. The number of amides is 2. The molecule has 0 fully saturated rings. The Bertz CT molecular complexity index is 915. The molecule has 0 aliphatic carbocycles. The van der Waals surface area contributed by atoms with E-state index in [9.17, 15) is 14.4 Å². The molecule has 1 N–H and O–H groups in total. The van der Waals surface area contributed by atoms with E-state index >= 15 is 0 Å². The molecule has 0 aliphatic heterocycles. The Balaban J connectivity index is 2.14. The molecule has 2 aromatic carbocycles. The fourth-order valence-corrected chi connectivity index (χ4v) is 2.86.